The van der Waals surface area contributed by atoms with Crippen molar-refractivity contribution in [1.29, 1.82) is 0 Å². The number of nitrogen functional groups attached to an aromatic ring is 1. The Morgan fingerprint density at radius 3 is 2.73 bits per heavy atom. The summed E-state index contributed by atoms with van der Waals surface area (Å²) < 4.78 is 20.8. The number of carbonyl (C=O) groups is 2. The number of nitrogens with zero attached hydrogens (tertiary/aromatic N) is 2. The number of aromatic nitrogens is 1. The Kier molecular flexibility index (Phi) is 11.7. The van der Waals surface area contributed by atoms with E-state index in [2.05, 4.69) is 15.2 Å². The van der Waals surface area contributed by atoms with Crippen LogP contribution in [0.25, 0.3) is 0 Å². The van der Waals surface area contributed by atoms with E-state index in [0.29, 0.717) is 26.2 Å². The topological polar surface area (TPSA) is 125 Å². The van der Waals surface area contributed by atoms with Gasteiger partial charge >= 0.3 is 5.97 Å². The van der Waals surface area contributed by atoms with Crippen LogP contribution in [-0.2, 0) is 19.0 Å². The molecule has 2 heterocycles. The molecule has 33 heavy (non-hydrogen) atoms. The van der Waals surface area contributed by atoms with Gasteiger partial charge in [-0.2, -0.15) is 4.98 Å². The number of hydrogen-bond donors (Lipinski definition) is 2. The molecule has 2 unspecified atom stereocenters. The number of piperidine rings is 1. The molecule has 0 radical (unpaired) electrons. The van der Waals surface area contributed by atoms with Crippen LogP contribution in [0, 0.1) is 0 Å². The number of esters is 1. The third-order valence-corrected chi connectivity index (χ3v) is 5.88. The van der Waals surface area contributed by atoms with Crippen LogP contribution in [0.3, 0.4) is 0 Å². The van der Waals surface area contributed by atoms with Crippen molar-refractivity contribution in [2.75, 3.05) is 59.9 Å². The first-order valence-corrected chi connectivity index (χ1v) is 11.5. The summed E-state index contributed by atoms with van der Waals surface area (Å²) in [5.74, 6) is -0.282. The first kappa shape index (κ1) is 27.1. The van der Waals surface area contributed by atoms with Crippen molar-refractivity contribution in [1.82, 2.24) is 15.2 Å². The third kappa shape index (κ3) is 8.62. The molecule has 0 spiro atoms. The van der Waals surface area contributed by atoms with Gasteiger partial charge in [-0.1, -0.05) is 18.0 Å². The Morgan fingerprint density at radius 1 is 1.24 bits per heavy atom. The maximum Gasteiger partial charge on any atom is 0.305 e. The Morgan fingerprint density at radius 2 is 2.03 bits per heavy atom. The standard InChI is InChI=1S/C22H35ClN4O6/c1-30-11-12-33-19(28)7-5-4-6-9-27-10-8-17(18(14-27)31-2)25-21(29)15-13-16(23)20(24)26-22(15)32-3/h13,17-18H,4-12,14H2,1-3H3,(H2,24,26)(H,25,29). The highest BCUT2D eigenvalue weighted by Crippen LogP contribution is 2.25. The lowest BCUT2D eigenvalue weighted by Crippen LogP contribution is -2.54. The number of methoxy groups -OCH3 is 3. The molecule has 0 bridgehead atoms. The number of hydrogen-bond acceptors (Lipinski definition) is 9. The summed E-state index contributed by atoms with van der Waals surface area (Å²) in [7, 11) is 4.64. The number of ether oxygens (including phenoxy) is 4. The van der Waals surface area contributed by atoms with E-state index in [1.807, 2.05) is 0 Å². The number of carbonyl (C=O) groups excluding carboxylic acids is 2. The van der Waals surface area contributed by atoms with E-state index >= 15 is 0 Å². The third-order valence-electron chi connectivity index (χ3n) is 5.57. The van der Waals surface area contributed by atoms with Crippen molar-refractivity contribution in [2.45, 2.75) is 44.2 Å². The summed E-state index contributed by atoms with van der Waals surface area (Å²) in [5.41, 5.74) is 5.93. The number of anilines is 1. The monoisotopic (exact) mass is 486 g/mol. The van der Waals surface area contributed by atoms with Crippen LogP contribution < -0.4 is 15.8 Å². The predicted octanol–water partition coefficient (Wildman–Crippen LogP) is 1.89. The lowest BCUT2D eigenvalue weighted by molar-refractivity contribution is -0.145. The van der Waals surface area contributed by atoms with Crippen LogP contribution in [-0.4, -0.2) is 88.1 Å². The Bertz CT molecular complexity index is 781. The van der Waals surface area contributed by atoms with Gasteiger partial charge in [0.15, 0.2) is 0 Å². The van der Waals surface area contributed by atoms with Gasteiger partial charge in [0.05, 0.1) is 30.9 Å². The van der Waals surface area contributed by atoms with Gasteiger partial charge in [0.1, 0.15) is 18.0 Å². The second kappa shape index (κ2) is 14.2. The fraction of sp³-hybridized carbons (Fsp3) is 0.682. The van der Waals surface area contributed by atoms with Crippen molar-refractivity contribution in [3.05, 3.63) is 16.7 Å². The van der Waals surface area contributed by atoms with E-state index in [9.17, 15) is 9.59 Å². The number of unbranched alkanes of at least 4 members (excludes halogenated alkanes) is 2. The molecule has 0 aliphatic carbocycles. The maximum atomic E-state index is 12.8. The number of halogens is 1. The van der Waals surface area contributed by atoms with Crippen molar-refractivity contribution in [3.63, 3.8) is 0 Å². The van der Waals surface area contributed by atoms with Gasteiger partial charge in [-0.3, -0.25) is 9.59 Å². The molecular weight excluding hydrogens is 452 g/mol. The van der Waals surface area contributed by atoms with Crippen LogP contribution >= 0.6 is 11.6 Å². The fourth-order valence-corrected chi connectivity index (χ4v) is 3.88. The van der Waals surface area contributed by atoms with Crippen molar-refractivity contribution in [2.24, 2.45) is 0 Å². The zero-order valence-corrected chi connectivity index (χ0v) is 20.4. The smallest absolute Gasteiger partial charge is 0.305 e. The Labute approximate surface area is 200 Å². The molecule has 1 aliphatic rings. The molecule has 186 valence electrons. The van der Waals surface area contributed by atoms with Crippen LogP contribution in [0.1, 0.15) is 42.5 Å². The van der Waals surface area contributed by atoms with Crippen molar-refractivity contribution < 1.29 is 28.5 Å². The zero-order chi connectivity index (χ0) is 24.2. The van der Waals surface area contributed by atoms with Crippen LogP contribution in [0.4, 0.5) is 5.82 Å². The van der Waals surface area contributed by atoms with E-state index in [0.717, 1.165) is 38.8 Å². The van der Waals surface area contributed by atoms with E-state index < -0.39 is 0 Å². The van der Waals surface area contributed by atoms with Crippen LogP contribution in [0.15, 0.2) is 6.07 Å². The van der Waals surface area contributed by atoms with Gasteiger partial charge in [-0.25, -0.2) is 0 Å². The van der Waals surface area contributed by atoms with Gasteiger partial charge in [0.2, 0.25) is 5.88 Å². The first-order chi connectivity index (χ1) is 15.9. The minimum absolute atomic E-state index is 0.108. The van der Waals surface area contributed by atoms with Crippen molar-refractivity contribution in [3.8, 4) is 5.88 Å². The molecule has 1 saturated heterocycles. The number of nitrogens with one attached hydrogen (secondary N) is 1. The summed E-state index contributed by atoms with van der Waals surface area (Å²) in [4.78, 5) is 30.8. The minimum Gasteiger partial charge on any atom is -0.480 e. The molecule has 11 heteroatoms. The Balaban J connectivity index is 1.76. The molecule has 10 nitrogen and oxygen atoms in total. The maximum absolute atomic E-state index is 12.8. The van der Waals surface area contributed by atoms with Crippen molar-refractivity contribution >= 4 is 29.3 Å². The summed E-state index contributed by atoms with van der Waals surface area (Å²) in [5, 5.41) is 3.21. The van der Waals surface area contributed by atoms with E-state index in [-0.39, 0.29) is 46.3 Å². The highest BCUT2D eigenvalue weighted by molar-refractivity contribution is 6.33. The highest BCUT2D eigenvalue weighted by Gasteiger charge is 2.31. The summed E-state index contributed by atoms with van der Waals surface area (Å²) in [6.07, 6.45) is 3.73. The first-order valence-electron chi connectivity index (χ1n) is 11.1. The van der Waals surface area contributed by atoms with Gasteiger partial charge in [-0.15, -0.1) is 0 Å². The van der Waals surface area contributed by atoms with Gasteiger partial charge < -0.3 is 34.9 Å². The fourth-order valence-electron chi connectivity index (χ4n) is 3.73. The van der Waals surface area contributed by atoms with E-state index in [4.69, 9.17) is 36.3 Å². The van der Waals surface area contributed by atoms with Crippen LogP contribution in [0.2, 0.25) is 5.02 Å². The molecule has 0 aromatic carbocycles. The molecule has 1 aromatic rings. The van der Waals surface area contributed by atoms with Gasteiger partial charge in [0.25, 0.3) is 5.91 Å². The average Bonchev–Trinajstić information content (AvgIpc) is 2.81. The molecule has 1 aliphatic heterocycles. The minimum atomic E-state index is -0.334. The molecule has 1 amide bonds. The molecule has 1 aromatic heterocycles. The lowest BCUT2D eigenvalue weighted by Gasteiger charge is -2.38. The molecule has 3 N–H and O–H groups in total. The molecule has 0 saturated carbocycles. The highest BCUT2D eigenvalue weighted by atomic mass is 35.5. The van der Waals surface area contributed by atoms with Gasteiger partial charge in [-0.05, 0) is 31.9 Å². The normalized spacial score (nSPS) is 18.7. The molecular formula is C22H35ClN4O6. The number of rotatable bonds is 13. The number of amides is 1. The van der Waals surface area contributed by atoms with Gasteiger partial charge in [0, 0.05) is 33.7 Å². The SMILES string of the molecule is COCCOC(=O)CCCCCN1CCC(NC(=O)c2cc(Cl)c(N)nc2OC)C(OC)C1. The number of nitrogens with two attached hydrogens (primary N) is 1. The Hall–Kier alpha value is -2.14. The molecule has 2 atom stereocenters. The number of likely N-dealkylation sites (tertiary alicyclic amines) is 1. The second-order valence-corrected chi connectivity index (χ2v) is 8.29. The molecule has 1 fully saturated rings. The summed E-state index contributed by atoms with van der Waals surface area (Å²) in [6.45, 7) is 3.17. The molecule has 2 rings (SSSR count). The number of pyridine rings is 1. The lowest BCUT2D eigenvalue weighted by atomic mass is 10.0. The predicted molar refractivity (Wildman–Crippen MR) is 125 cm³/mol. The summed E-state index contributed by atoms with van der Waals surface area (Å²) in [6, 6.07) is 1.31. The second-order valence-electron chi connectivity index (χ2n) is 7.88. The van der Waals surface area contributed by atoms with E-state index in [1.165, 1.54) is 13.2 Å². The largest absolute Gasteiger partial charge is 0.480 e. The van der Waals surface area contributed by atoms with E-state index in [1.54, 1.807) is 14.2 Å². The van der Waals surface area contributed by atoms with Crippen LogP contribution in [0.5, 0.6) is 5.88 Å². The summed E-state index contributed by atoms with van der Waals surface area (Å²) >= 11 is 6.04. The zero-order valence-electron chi connectivity index (χ0n) is 19.6. The quantitative estimate of drug-likeness (QED) is 0.317. The average molecular weight is 487 g/mol.